The van der Waals surface area contributed by atoms with Crippen LogP contribution in [0.3, 0.4) is 0 Å². The first-order valence-electron chi connectivity index (χ1n) is 5.92. The van der Waals surface area contributed by atoms with Gasteiger partial charge in [-0.1, -0.05) is 18.2 Å². The Hall–Kier alpha value is -1.72. The molecule has 0 aliphatic carbocycles. The lowest BCUT2D eigenvalue weighted by atomic mass is 10.1. The number of hydrogen-bond donors (Lipinski definition) is 1. The second kappa shape index (κ2) is 5.11. The quantitative estimate of drug-likeness (QED) is 0.746. The zero-order valence-electron chi connectivity index (χ0n) is 10.5. The molecule has 5 heteroatoms. The molecule has 0 saturated heterocycles. The molecule has 2 N–H and O–H groups in total. The second-order valence-electron chi connectivity index (χ2n) is 4.25. The molecule has 3 aromatic rings. The van der Waals surface area contributed by atoms with E-state index in [0.29, 0.717) is 0 Å². The Morgan fingerprint density at radius 2 is 1.95 bits per heavy atom. The molecule has 19 heavy (non-hydrogen) atoms. The lowest BCUT2D eigenvalue weighted by molar-refractivity contribution is 1.06. The second-order valence-corrected chi connectivity index (χ2v) is 6.25. The Kier molecular flexibility index (Phi) is 3.31. The Balaban J connectivity index is 1.86. The molecule has 0 saturated carbocycles. The number of nitrogens with zero attached hydrogens (tertiary/aromatic N) is 2. The van der Waals surface area contributed by atoms with E-state index in [4.69, 9.17) is 5.73 Å². The normalized spacial score (nSPS) is 10.8. The van der Waals surface area contributed by atoms with Crippen LogP contribution in [0.2, 0.25) is 0 Å². The molecule has 0 bridgehead atoms. The SMILES string of the molecule is Cc1nc(Cc2nc(-c3ccccc3N)cs2)cs1. The molecule has 2 aromatic heterocycles. The highest BCUT2D eigenvalue weighted by molar-refractivity contribution is 7.10. The van der Waals surface area contributed by atoms with Crippen molar-refractivity contribution in [3.05, 3.63) is 50.7 Å². The van der Waals surface area contributed by atoms with Crippen LogP contribution in [0, 0.1) is 6.92 Å². The molecule has 0 atom stereocenters. The van der Waals surface area contributed by atoms with Gasteiger partial charge in [-0.3, -0.25) is 0 Å². The Bertz CT molecular complexity index is 700. The van der Waals surface area contributed by atoms with Crippen LogP contribution in [0.5, 0.6) is 0 Å². The molecule has 0 unspecified atom stereocenters. The van der Waals surface area contributed by atoms with Crippen LogP contribution in [0.1, 0.15) is 15.7 Å². The maximum Gasteiger partial charge on any atom is 0.0992 e. The summed E-state index contributed by atoms with van der Waals surface area (Å²) in [6.07, 6.45) is 0.793. The number of anilines is 1. The molecular weight excluding hydrogens is 274 g/mol. The van der Waals surface area contributed by atoms with Crippen molar-refractivity contribution in [3.8, 4) is 11.3 Å². The molecule has 3 rings (SSSR count). The highest BCUT2D eigenvalue weighted by Gasteiger charge is 2.08. The largest absolute Gasteiger partial charge is 0.398 e. The Labute approximate surface area is 119 Å². The summed E-state index contributed by atoms with van der Waals surface area (Å²) in [6, 6.07) is 7.82. The van der Waals surface area contributed by atoms with Crippen molar-refractivity contribution in [2.75, 3.05) is 5.73 Å². The summed E-state index contributed by atoms with van der Waals surface area (Å²) in [7, 11) is 0. The highest BCUT2D eigenvalue weighted by Crippen LogP contribution is 2.27. The fraction of sp³-hybridized carbons (Fsp3) is 0.143. The Morgan fingerprint density at radius 3 is 2.68 bits per heavy atom. The predicted molar refractivity (Wildman–Crippen MR) is 81.6 cm³/mol. The third-order valence-corrected chi connectivity index (χ3v) is 4.46. The van der Waals surface area contributed by atoms with Gasteiger partial charge in [0, 0.05) is 28.4 Å². The number of aromatic nitrogens is 2. The van der Waals surface area contributed by atoms with Crippen LogP contribution in [0.15, 0.2) is 35.0 Å². The van der Waals surface area contributed by atoms with E-state index >= 15 is 0 Å². The van der Waals surface area contributed by atoms with Crippen LogP contribution in [-0.4, -0.2) is 9.97 Å². The summed E-state index contributed by atoms with van der Waals surface area (Å²) in [5.41, 5.74) is 9.78. The molecule has 0 radical (unpaired) electrons. The molecule has 0 amide bonds. The maximum atomic E-state index is 5.97. The van der Waals surface area contributed by atoms with Crippen molar-refractivity contribution >= 4 is 28.4 Å². The summed E-state index contributed by atoms with van der Waals surface area (Å²) in [6.45, 7) is 2.02. The summed E-state index contributed by atoms with van der Waals surface area (Å²) in [5.74, 6) is 0. The highest BCUT2D eigenvalue weighted by atomic mass is 32.1. The van der Waals surface area contributed by atoms with Crippen molar-refractivity contribution in [2.24, 2.45) is 0 Å². The van der Waals surface area contributed by atoms with E-state index in [1.54, 1.807) is 22.7 Å². The van der Waals surface area contributed by atoms with Gasteiger partial charge in [0.1, 0.15) is 0 Å². The molecule has 2 heterocycles. The van der Waals surface area contributed by atoms with E-state index < -0.39 is 0 Å². The zero-order chi connectivity index (χ0) is 13.2. The van der Waals surface area contributed by atoms with Crippen LogP contribution in [0.4, 0.5) is 5.69 Å². The van der Waals surface area contributed by atoms with Crippen LogP contribution in [-0.2, 0) is 6.42 Å². The van der Waals surface area contributed by atoms with Gasteiger partial charge in [-0.2, -0.15) is 0 Å². The van der Waals surface area contributed by atoms with Crippen molar-refractivity contribution in [2.45, 2.75) is 13.3 Å². The van der Waals surface area contributed by atoms with Crippen LogP contribution in [0.25, 0.3) is 11.3 Å². The zero-order valence-corrected chi connectivity index (χ0v) is 12.1. The van der Waals surface area contributed by atoms with Gasteiger partial charge in [0.05, 0.1) is 21.4 Å². The number of thiazole rings is 2. The smallest absolute Gasteiger partial charge is 0.0992 e. The van der Waals surface area contributed by atoms with Gasteiger partial charge in [0.2, 0.25) is 0 Å². The first kappa shape index (κ1) is 12.3. The van der Waals surface area contributed by atoms with E-state index in [2.05, 4.69) is 20.7 Å². The number of rotatable bonds is 3. The summed E-state index contributed by atoms with van der Waals surface area (Å²) in [5, 5.41) is 6.32. The number of nitrogen functional groups attached to an aromatic ring is 1. The van der Waals surface area contributed by atoms with Gasteiger partial charge >= 0.3 is 0 Å². The van der Waals surface area contributed by atoms with Gasteiger partial charge in [0.15, 0.2) is 0 Å². The number of aryl methyl sites for hydroxylation is 1. The molecule has 3 nitrogen and oxygen atoms in total. The van der Waals surface area contributed by atoms with Crippen molar-refractivity contribution < 1.29 is 0 Å². The van der Waals surface area contributed by atoms with Gasteiger partial charge in [0.25, 0.3) is 0 Å². The third kappa shape index (κ3) is 2.67. The molecule has 1 aromatic carbocycles. The molecular formula is C14H13N3S2. The molecule has 0 spiro atoms. The van der Waals surface area contributed by atoms with Crippen molar-refractivity contribution in [1.82, 2.24) is 9.97 Å². The molecule has 0 aliphatic rings. The fourth-order valence-electron chi connectivity index (χ4n) is 1.89. The topological polar surface area (TPSA) is 51.8 Å². The average Bonchev–Trinajstić information content (AvgIpc) is 3.00. The summed E-state index contributed by atoms with van der Waals surface area (Å²) in [4.78, 5) is 9.12. The summed E-state index contributed by atoms with van der Waals surface area (Å²) < 4.78 is 0. The fourth-order valence-corrected chi connectivity index (χ4v) is 3.31. The molecule has 0 fully saturated rings. The van der Waals surface area contributed by atoms with Gasteiger partial charge < -0.3 is 5.73 Å². The van der Waals surface area contributed by atoms with E-state index in [1.807, 2.05) is 31.2 Å². The number of hydrogen-bond acceptors (Lipinski definition) is 5. The predicted octanol–water partition coefficient (Wildman–Crippen LogP) is 3.75. The minimum Gasteiger partial charge on any atom is -0.398 e. The van der Waals surface area contributed by atoms with Gasteiger partial charge in [-0.25, -0.2) is 9.97 Å². The number of nitrogens with two attached hydrogens (primary N) is 1. The minimum absolute atomic E-state index is 0.767. The molecule has 96 valence electrons. The van der Waals surface area contributed by atoms with Crippen molar-refractivity contribution in [3.63, 3.8) is 0 Å². The first-order chi connectivity index (χ1) is 9.22. The maximum absolute atomic E-state index is 5.97. The lowest BCUT2D eigenvalue weighted by Gasteiger charge is -2.00. The standard InChI is InChI=1S/C14H13N3S2/c1-9-16-10(7-18-9)6-14-17-13(8-19-14)11-4-2-3-5-12(11)15/h2-5,7-8H,6,15H2,1H3. The first-order valence-corrected chi connectivity index (χ1v) is 7.68. The van der Waals surface area contributed by atoms with Crippen LogP contribution < -0.4 is 5.73 Å². The number of para-hydroxylation sites is 1. The number of benzene rings is 1. The average molecular weight is 287 g/mol. The van der Waals surface area contributed by atoms with Gasteiger partial charge in [-0.05, 0) is 13.0 Å². The minimum atomic E-state index is 0.767. The van der Waals surface area contributed by atoms with Crippen molar-refractivity contribution in [1.29, 1.82) is 0 Å². The monoisotopic (exact) mass is 287 g/mol. The Morgan fingerprint density at radius 1 is 1.11 bits per heavy atom. The molecule has 0 aliphatic heterocycles. The van der Waals surface area contributed by atoms with Gasteiger partial charge in [-0.15, -0.1) is 22.7 Å². The van der Waals surface area contributed by atoms with E-state index in [-0.39, 0.29) is 0 Å². The van der Waals surface area contributed by atoms with E-state index in [1.165, 1.54) is 0 Å². The van der Waals surface area contributed by atoms with E-state index in [9.17, 15) is 0 Å². The third-order valence-electron chi connectivity index (χ3n) is 2.79. The van der Waals surface area contributed by atoms with E-state index in [0.717, 1.165) is 39.1 Å². The lowest BCUT2D eigenvalue weighted by Crippen LogP contribution is -1.91. The summed E-state index contributed by atoms with van der Waals surface area (Å²) >= 11 is 3.33. The van der Waals surface area contributed by atoms with Crippen LogP contribution >= 0.6 is 22.7 Å².